The lowest BCUT2D eigenvalue weighted by Gasteiger charge is -2.32. The van der Waals surface area contributed by atoms with Gasteiger partial charge in [0.05, 0.1) is 11.3 Å². The minimum atomic E-state index is -3.76. The van der Waals surface area contributed by atoms with Crippen LogP contribution < -0.4 is 4.72 Å². The second kappa shape index (κ2) is 10.7. The van der Waals surface area contributed by atoms with Crippen molar-refractivity contribution < 1.29 is 18.3 Å². The van der Waals surface area contributed by atoms with Crippen LogP contribution in [0.2, 0.25) is 0 Å². The molecule has 0 heterocycles. The SMILES string of the molecule is CCCCCc1ccc(S(=O)(=O)NC(CC)(CCCC)CC(=O)O)cc1. The lowest BCUT2D eigenvalue weighted by Crippen LogP contribution is -2.49. The van der Waals surface area contributed by atoms with Gasteiger partial charge in [0.1, 0.15) is 0 Å². The highest BCUT2D eigenvalue weighted by molar-refractivity contribution is 7.89. The maximum absolute atomic E-state index is 12.8. The number of carboxylic acids is 1. The first-order chi connectivity index (χ1) is 12.3. The summed E-state index contributed by atoms with van der Waals surface area (Å²) in [6.45, 7) is 5.99. The van der Waals surface area contributed by atoms with Gasteiger partial charge in [0, 0.05) is 5.54 Å². The molecule has 0 aromatic heterocycles. The van der Waals surface area contributed by atoms with E-state index in [2.05, 4.69) is 11.6 Å². The number of carboxylic acid groups (broad SMARTS) is 1. The standard InChI is InChI=1S/C20H33NO4S/c1-4-7-9-10-17-11-13-18(14-12-17)26(24,25)21-20(6-3,15-8-5-2)16-19(22)23/h11-14,21H,4-10,15-16H2,1-3H3,(H,22,23). The largest absolute Gasteiger partial charge is 0.481 e. The Kier molecular flexibility index (Phi) is 9.30. The molecule has 0 aliphatic rings. The Balaban J connectivity index is 2.96. The summed E-state index contributed by atoms with van der Waals surface area (Å²) < 4.78 is 28.3. The lowest BCUT2D eigenvalue weighted by atomic mass is 9.87. The molecule has 0 amide bonds. The quantitative estimate of drug-likeness (QED) is 0.491. The van der Waals surface area contributed by atoms with E-state index >= 15 is 0 Å². The monoisotopic (exact) mass is 383 g/mol. The molecule has 0 aliphatic heterocycles. The van der Waals surface area contributed by atoms with Crippen molar-refractivity contribution in [2.24, 2.45) is 0 Å². The average molecular weight is 384 g/mol. The molecule has 1 rings (SSSR count). The van der Waals surface area contributed by atoms with E-state index in [1.807, 2.05) is 26.0 Å². The van der Waals surface area contributed by atoms with Gasteiger partial charge in [-0.15, -0.1) is 0 Å². The minimum Gasteiger partial charge on any atom is -0.481 e. The van der Waals surface area contributed by atoms with Crippen molar-refractivity contribution in [2.75, 3.05) is 0 Å². The zero-order valence-corrected chi connectivity index (χ0v) is 17.1. The minimum absolute atomic E-state index is 0.191. The van der Waals surface area contributed by atoms with E-state index < -0.39 is 21.5 Å². The molecule has 0 saturated carbocycles. The van der Waals surface area contributed by atoms with Crippen molar-refractivity contribution in [3.63, 3.8) is 0 Å². The van der Waals surface area contributed by atoms with Crippen LogP contribution in [0.5, 0.6) is 0 Å². The van der Waals surface area contributed by atoms with Crippen molar-refractivity contribution in [1.29, 1.82) is 0 Å². The second-order valence-corrected chi connectivity index (χ2v) is 8.70. The van der Waals surface area contributed by atoms with Crippen LogP contribution in [0.3, 0.4) is 0 Å². The first-order valence-corrected chi connectivity index (χ1v) is 11.1. The molecule has 6 heteroatoms. The molecule has 1 atom stereocenters. The molecule has 1 aromatic carbocycles. The predicted octanol–water partition coefficient (Wildman–Crippen LogP) is 4.51. The Hall–Kier alpha value is -1.40. The molecule has 1 aromatic rings. The van der Waals surface area contributed by atoms with Gasteiger partial charge in [0.15, 0.2) is 0 Å². The van der Waals surface area contributed by atoms with Crippen LogP contribution in [0, 0.1) is 0 Å². The summed E-state index contributed by atoms with van der Waals surface area (Å²) in [4.78, 5) is 11.5. The third-order valence-corrected chi connectivity index (χ3v) is 6.42. The zero-order chi connectivity index (χ0) is 19.6. The normalized spacial score (nSPS) is 14.1. The van der Waals surface area contributed by atoms with Gasteiger partial charge < -0.3 is 5.11 Å². The lowest BCUT2D eigenvalue weighted by molar-refractivity contribution is -0.138. The van der Waals surface area contributed by atoms with E-state index in [1.54, 1.807) is 12.1 Å². The number of benzene rings is 1. The first kappa shape index (κ1) is 22.6. The molecular weight excluding hydrogens is 350 g/mol. The molecule has 0 bridgehead atoms. The predicted molar refractivity (Wildman–Crippen MR) is 105 cm³/mol. The summed E-state index contributed by atoms with van der Waals surface area (Å²) >= 11 is 0. The summed E-state index contributed by atoms with van der Waals surface area (Å²) in [5.74, 6) is -0.989. The number of aliphatic carboxylic acids is 1. The molecule has 5 nitrogen and oxygen atoms in total. The van der Waals surface area contributed by atoms with Crippen molar-refractivity contribution in [2.45, 2.75) is 89.0 Å². The summed E-state index contributed by atoms with van der Waals surface area (Å²) in [5.41, 5.74) is 0.177. The number of unbranched alkanes of at least 4 members (excludes halogenated alkanes) is 3. The van der Waals surface area contributed by atoms with E-state index in [0.717, 1.165) is 44.1 Å². The Morgan fingerprint density at radius 2 is 1.65 bits per heavy atom. The smallest absolute Gasteiger partial charge is 0.305 e. The summed E-state index contributed by atoms with van der Waals surface area (Å²) in [6, 6.07) is 6.93. The van der Waals surface area contributed by atoms with E-state index in [1.165, 1.54) is 0 Å². The molecule has 0 aliphatic carbocycles. The van der Waals surface area contributed by atoms with E-state index in [4.69, 9.17) is 0 Å². The molecule has 0 saturated heterocycles. The van der Waals surface area contributed by atoms with E-state index in [-0.39, 0.29) is 11.3 Å². The van der Waals surface area contributed by atoms with Gasteiger partial charge in [-0.05, 0) is 43.4 Å². The summed E-state index contributed by atoms with van der Waals surface area (Å²) in [6.07, 6.45) is 6.75. The first-order valence-electron chi connectivity index (χ1n) is 9.63. The topological polar surface area (TPSA) is 83.5 Å². The van der Waals surface area contributed by atoms with Crippen LogP contribution in [-0.4, -0.2) is 25.0 Å². The summed E-state index contributed by atoms with van der Waals surface area (Å²) in [5, 5.41) is 9.25. The van der Waals surface area contributed by atoms with Crippen LogP contribution >= 0.6 is 0 Å². The maximum atomic E-state index is 12.8. The van der Waals surface area contributed by atoms with Gasteiger partial charge in [0.25, 0.3) is 0 Å². The van der Waals surface area contributed by atoms with Gasteiger partial charge in [-0.25, -0.2) is 13.1 Å². The summed E-state index contributed by atoms with van der Waals surface area (Å²) in [7, 11) is -3.76. The third kappa shape index (κ3) is 7.08. The van der Waals surface area contributed by atoms with Crippen molar-refractivity contribution in [3.05, 3.63) is 29.8 Å². The molecule has 2 N–H and O–H groups in total. The van der Waals surface area contributed by atoms with Gasteiger partial charge in [-0.2, -0.15) is 0 Å². The average Bonchev–Trinajstić information content (AvgIpc) is 2.59. The third-order valence-electron chi connectivity index (χ3n) is 4.83. The van der Waals surface area contributed by atoms with Crippen LogP contribution in [0.25, 0.3) is 0 Å². The van der Waals surface area contributed by atoms with Crippen LogP contribution in [0.15, 0.2) is 29.2 Å². The highest BCUT2D eigenvalue weighted by Gasteiger charge is 2.35. The van der Waals surface area contributed by atoms with Crippen molar-refractivity contribution in [3.8, 4) is 0 Å². The zero-order valence-electron chi connectivity index (χ0n) is 16.3. The fourth-order valence-electron chi connectivity index (χ4n) is 3.11. The van der Waals surface area contributed by atoms with Gasteiger partial charge in [-0.1, -0.05) is 58.6 Å². The molecule has 148 valence electrons. The van der Waals surface area contributed by atoms with Gasteiger partial charge >= 0.3 is 5.97 Å². The number of carbonyl (C=O) groups is 1. The van der Waals surface area contributed by atoms with Crippen molar-refractivity contribution >= 4 is 16.0 Å². The molecule has 0 radical (unpaired) electrons. The number of hydrogen-bond acceptors (Lipinski definition) is 3. The van der Waals surface area contributed by atoms with Crippen LogP contribution in [0.1, 0.15) is 77.7 Å². The number of nitrogens with one attached hydrogen (secondary N) is 1. The van der Waals surface area contributed by atoms with E-state index in [9.17, 15) is 18.3 Å². The molecule has 0 spiro atoms. The number of aryl methyl sites for hydroxylation is 1. The van der Waals surface area contributed by atoms with Crippen molar-refractivity contribution in [1.82, 2.24) is 4.72 Å². The van der Waals surface area contributed by atoms with Crippen LogP contribution in [0.4, 0.5) is 0 Å². The Labute approximate surface area is 158 Å². The van der Waals surface area contributed by atoms with Gasteiger partial charge in [0.2, 0.25) is 10.0 Å². The fourth-order valence-corrected chi connectivity index (χ4v) is 4.61. The molecule has 1 unspecified atom stereocenters. The Bertz CT molecular complexity index is 655. The number of rotatable bonds is 13. The Morgan fingerprint density at radius 1 is 1.04 bits per heavy atom. The van der Waals surface area contributed by atoms with Gasteiger partial charge in [-0.3, -0.25) is 4.79 Å². The Morgan fingerprint density at radius 3 is 2.15 bits per heavy atom. The fraction of sp³-hybridized carbons (Fsp3) is 0.650. The second-order valence-electron chi connectivity index (χ2n) is 7.01. The van der Waals surface area contributed by atoms with E-state index in [0.29, 0.717) is 12.8 Å². The highest BCUT2D eigenvalue weighted by Crippen LogP contribution is 2.26. The molecule has 0 fully saturated rings. The molecule has 26 heavy (non-hydrogen) atoms. The molecular formula is C20H33NO4S. The highest BCUT2D eigenvalue weighted by atomic mass is 32.2. The number of sulfonamides is 1. The number of hydrogen-bond donors (Lipinski definition) is 2. The van der Waals surface area contributed by atoms with Crippen LogP contribution in [-0.2, 0) is 21.2 Å². The maximum Gasteiger partial charge on any atom is 0.305 e.